The number of ether oxygens (including phenoxy) is 1. The van der Waals surface area contributed by atoms with Crippen LogP contribution < -0.4 is 10.1 Å². The van der Waals surface area contributed by atoms with E-state index in [1.807, 2.05) is 11.9 Å². The smallest absolute Gasteiger partial charge is 0.387 e. The van der Waals surface area contributed by atoms with Crippen molar-refractivity contribution in [2.45, 2.75) is 31.9 Å². The highest BCUT2D eigenvalue weighted by atomic mass is 19.3. The van der Waals surface area contributed by atoms with E-state index in [4.69, 9.17) is 0 Å². The van der Waals surface area contributed by atoms with Gasteiger partial charge in [0.15, 0.2) is 0 Å². The molecule has 1 aliphatic rings. The van der Waals surface area contributed by atoms with Crippen molar-refractivity contribution in [3.63, 3.8) is 0 Å². The number of carbonyl (C=O) groups is 1. The lowest BCUT2D eigenvalue weighted by Crippen LogP contribution is -2.48. The molecule has 1 atom stereocenters. The van der Waals surface area contributed by atoms with E-state index >= 15 is 0 Å². The van der Waals surface area contributed by atoms with E-state index in [1.54, 1.807) is 12.1 Å². The van der Waals surface area contributed by atoms with Crippen LogP contribution in [0.2, 0.25) is 0 Å². The monoisotopic (exact) mass is 298 g/mol. The number of hydrogen-bond donors (Lipinski definition) is 1. The Morgan fingerprint density at radius 1 is 1.48 bits per heavy atom. The van der Waals surface area contributed by atoms with Gasteiger partial charge in [-0.05, 0) is 44.5 Å². The van der Waals surface area contributed by atoms with Gasteiger partial charge in [-0.25, -0.2) is 0 Å². The van der Waals surface area contributed by atoms with Crippen molar-refractivity contribution in [3.8, 4) is 5.75 Å². The number of alkyl halides is 2. The van der Waals surface area contributed by atoms with Crippen LogP contribution in [0.5, 0.6) is 5.75 Å². The van der Waals surface area contributed by atoms with E-state index in [1.165, 1.54) is 12.1 Å². The first kappa shape index (κ1) is 15.7. The molecule has 1 saturated heterocycles. The Bertz CT molecular complexity index is 480. The molecule has 0 bridgehead atoms. The van der Waals surface area contributed by atoms with Crippen LogP contribution in [0.4, 0.5) is 8.78 Å². The van der Waals surface area contributed by atoms with E-state index in [0.717, 1.165) is 25.8 Å². The van der Waals surface area contributed by atoms with Crippen molar-refractivity contribution in [1.82, 2.24) is 10.2 Å². The van der Waals surface area contributed by atoms with E-state index < -0.39 is 6.61 Å². The minimum absolute atomic E-state index is 0.0121. The Morgan fingerprint density at radius 3 is 3.00 bits per heavy atom. The van der Waals surface area contributed by atoms with Crippen LogP contribution >= 0.6 is 0 Å². The number of benzene rings is 1. The van der Waals surface area contributed by atoms with Crippen LogP contribution in [0, 0.1) is 0 Å². The summed E-state index contributed by atoms with van der Waals surface area (Å²) in [5.41, 5.74) is 0.385. The lowest BCUT2D eigenvalue weighted by Gasteiger charge is -2.35. The molecule has 116 valence electrons. The van der Waals surface area contributed by atoms with Gasteiger partial charge in [0.25, 0.3) is 5.91 Å². The number of likely N-dealkylation sites (tertiary alicyclic amines) is 1. The molecular weight excluding hydrogens is 278 g/mol. The van der Waals surface area contributed by atoms with Gasteiger partial charge >= 0.3 is 6.61 Å². The zero-order valence-electron chi connectivity index (χ0n) is 12.0. The second-order valence-electron chi connectivity index (χ2n) is 5.11. The average molecular weight is 298 g/mol. The second-order valence-corrected chi connectivity index (χ2v) is 5.11. The number of nitrogens with zero attached hydrogens (tertiary/aromatic N) is 1. The fraction of sp³-hybridized carbons (Fsp3) is 0.533. The SMILES string of the molecule is CNCC1CCCCN1C(=O)c1cccc(OC(F)F)c1. The average Bonchev–Trinajstić information content (AvgIpc) is 2.47. The Morgan fingerprint density at radius 2 is 2.29 bits per heavy atom. The number of halogens is 2. The van der Waals surface area contributed by atoms with Crippen LogP contribution in [0.25, 0.3) is 0 Å². The maximum Gasteiger partial charge on any atom is 0.387 e. The fourth-order valence-electron chi connectivity index (χ4n) is 2.69. The van der Waals surface area contributed by atoms with Gasteiger partial charge in [0.1, 0.15) is 5.75 Å². The highest BCUT2D eigenvalue weighted by molar-refractivity contribution is 5.94. The molecule has 2 rings (SSSR count). The highest BCUT2D eigenvalue weighted by Crippen LogP contribution is 2.22. The molecule has 0 saturated carbocycles. The van der Waals surface area contributed by atoms with Gasteiger partial charge < -0.3 is 15.0 Å². The van der Waals surface area contributed by atoms with Gasteiger partial charge in [-0.1, -0.05) is 6.07 Å². The number of piperidine rings is 1. The zero-order chi connectivity index (χ0) is 15.2. The predicted molar refractivity (Wildman–Crippen MR) is 75.7 cm³/mol. The van der Waals surface area contributed by atoms with Gasteiger partial charge in [-0.15, -0.1) is 0 Å². The number of rotatable bonds is 5. The third kappa shape index (κ3) is 4.14. The molecule has 21 heavy (non-hydrogen) atoms. The summed E-state index contributed by atoms with van der Waals surface area (Å²) in [7, 11) is 1.86. The molecule has 0 radical (unpaired) electrons. The van der Waals surface area contributed by atoms with Crippen LogP contribution in [0.3, 0.4) is 0 Å². The van der Waals surface area contributed by atoms with Gasteiger partial charge in [0.05, 0.1) is 0 Å². The molecule has 1 aromatic carbocycles. The maximum atomic E-state index is 12.6. The van der Waals surface area contributed by atoms with Gasteiger partial charge in [0, 0.05) is 24.7 Å². The molecule has 1 heterocycles. The van der Waals surface area contributed by atoms with Gasteiger partial charge in [0.2, 0.25) is 0 Å². The molecule has 6 heteroatoms. The summed E-state index contributed by atoms with van der Waals surface area (Å²) in [6.45, 7) is -1.45. The first-order valence-electron chi connectivity index (χ1n) is 7.12. The van der Waals surface area contributed by atoms with Crippen LogP contribution in [0.1, 0.15) is 29.6 Å². The zero-order valence-corrected chi connectivity index (χ0v) is 12.0. The van der Waals surface area contributed by atoms with Crippen molar-refractivity contribution in [2.75, 3.05) is 20.1 Å². The maximum absolute atomic E-state index is 12.6. The minimum Gasteiger partial charge on any atom is -0.435 e. The van der Waals surface area contributed by atoms with Crippen molar-refractivity contribution < 1.29 is 18.3 Å². The third-order valence-electron chi connectivity index (χ3n) is 3.63. The molecule has 1 unspecified atom stereocenters. The normalized spacial score (nSPS) is 18.9. The van der Waals surface area contributed by atoms with E-state index in [-0.39, 0.29) is 17.7 Å². The highest BCUT2D eigenvalue weighted by Gasteiger charge is 2.27. The summed E-state index contributed by atoms with van der Waals surface area (Å²) in [5.74, 6) is -0.118. The lowest BCUT2D eigenvalue weighted by atomic mass is 10.0. The van der Waals surface area contributed by atoms with Crippen LogP contribution in [0.15, 0.2) is 24.3 Å². The van der Waals surface area contributed by atoms with Crippen molar-refractivity contribution in [3.05, 3.63) is 29.8 Å². The van der Waals surface area contributed by atoms with Crippen LogP contribution in [-0.2, 0) is 0 Å². The topological polar surface area (TPSA) is 41.6 Å². The first-order valence-corrected chi connectivity index (χ1v) is 7.12. The standard InChI is InChI=1S/C15H20F2N2O2/c1-18-10-12-6-2-3-8-19(12)14(20)11-5-4-7-13(9-11)21-15(16)17/h4-5,7,9,12,15,18H,2-3,6,8,10H2,1H3. The molecule has 0 spiro atoms. The lowest BCUT2D eigenvalue weighted by molar-refractivity contribution is -0.0499. The van der Waals surface area contributed by atoms with E-state index in [2.05, 4.69) is 10.1 Å². The molecule has 1 aliphatic heterocycles. The Labute approximate surface area is 123 Å². The van der Waals surface area contributed by atoms with E-state index in [0.29, 0.717) is 12.1 Å². The minimum atomic E-state index is -2.89. The van der Waals surface area contributed by atoms with Crippen molar-refractivity contribution in [1.29, 1.82) is 0 Å². The molecule has 4 nitrogen and oxygen atoms in total. The molecule has 1 amide bonds. The number of nitrogens with one attached hydrogen (secondary N) is 1. The first-order chi connectivity index (χ1) is 10.1. The fourth-order valence-corrected chi connectivity index (χ4v) is 2.69. The quantitative estimate of drug-likeness (QED) is 0.908. The van der Waals surface area contributed by atoms with Crippen LogP contribution in [-0.4, -0.2) is 43.6 Å². The second kappa shape index (κ2) is 7.36. The Kier molecular flexibility index (Phi) is 5.50. The Balaban J connectivity index is 2.14. The number of hydrogen-bond acceptors (Lipinski definition) is 3. The molecule has 1 N–H and O–H groups in total. The summed E-state index contributed by atoms with van der Waals surface area (Å²) in [5, 5.41) is 3.09. The molecular formula is C15H20F2N2O2. The molecule has 1 aromatic rings. The summed E-state index contributed by atoms with van der Waals surface area (Å²) in [4.78, 5) is 14.4. The number of carbonyl (C=O) groups excluding carboxylic acids is 1. The summed E-state index contributed by atoms with van der Waals surface area (Å²) < 4.78 is 28.8. The van der Waals surface area contributed by atoms with Gasteiger partial charge in [-0.3, -0.25) is 4.79 Å². The van der Waals surface area contributed by atoms with Crippen molar-refractivity contribution in [2.24, 2.45) is 0 Å². The molecule has 0 aliphatic carbocycles. The number of amides is 1. The largest absolute Gasteiger partial charge is 0.435 e. The predicted octanol–water partition coefficient (Wildman–Crippen LogP) is 2.50. The summed E-state index contributed by atoms with van der Waals surface area (Å²) in [6, 6.07) is 6.13. The van der Waals surface area contributed by atoms with Gasteiger partial charge in [-0.2, -0.15) is 8.78 Å². The van der Waals surface area contributed by atoms with Crippen molar-refractivity contribution >= 4 is 5.91 Å². The number of likely N-dealkylation sites (N-methyl/N-ethyl adjacent to an activating group) is 1. The third-order valence-corrected chi connectivity index (χ3v) is 3.63. The molecule has 0 aromatic heterocycles. The summed E-state index contributed by atoms with van der Waals surface area (Å²) in [6.07, 6.45) is 3.03. The Hall–Kier alpha value is -1.69. The molecule has 1 fully saturated rings. The summed E-state index contributed by atoms with van der Waals surface area (Å²) >= 11 is 0. The van der Waals surface area contributed by atoms with E-state index in [9.17, 15) is 13.6 Å².